The predicted molar refractivity (Wildman–Crippen MR) is 77.5 cm³/mol. The Hall–Kier alpha value is -1.42. The molecular weight excluding hydrogens is 238 g/mol. The molecule has 1 unspecified atom stereocenters. The summed E-state index contributed by atoms with van der Waals surface area (Å²) in [5.74, 6) is -0.00639. The third-order valence-corrected chi connectivity index (χ3v) is 2.88. The molecule has 0 bridgehead atoms. The molecule has 106 valence electrons. The van der Waals surface area contributed by atoms with E-state index in [1.807, 2.05) is 19.1 Å². The maximum Gasteiger partial charge on any atom is 0.222 e. The van der Waals surface area contributed by atoms with Crippen LogP contribution in [0.1, 0.15) is 52.1 Å². The van der Waals surface area contributed by atoms with Gasteiger partial charge in [-0.2, -0.15) is 0 Å². The van der Waals surface area contributed by atoms with E-state index in [9.17, 15) is 4.79 Å². The number of nitrogens with two attached hydrogens (primary N) is 1. The molecule has 1 heterocycles. The summed E-state index contributed by atoms with van der Waals surface area (Å²) in [6.07, 6.45) is 4.68. The third kappa shape index (κ3) is 6.34. The quantitative estimate of drug-likeness (QED) is 0.857. The van der Waals surface area contributed by atoms with Gasteiger partial charge in [0.05, 0.1) is 6.04 Å². The molecule has 19 heavy (non-hydrogen) atoms. The van der Waals surface area contributed by atoms with Crippen molar-refractivity contribution in [1.29, 1.82) is 0 Å². The van der Waals surface area contributed by atoms with Crippen LogP contribution in [0.25, 0.3) is 0 Å². The fraction of sp³-hybridized carbons (Fsp3) is 0.600. The number of aromatic nitrogens is 1. The van der Waals surface area contributed by atoms with Crippen LogP contribution >= 0.6 is 0 Å². The van der Waals surface area contributed by atoms with E-state index in [-0.39, 0.29) is 23.4 Å². The van der Waals surface area contributed by atoms with Crippen LogP contribution in [-0.2, 0) is 4.79 Å². The smallest absolute Gasteiger partial charge is 0.222 e. The van der Waals surface area contributed by atoms with Gasteiger partial charge in [-0.1, -0.05) is 26.8 Å². The second kappa shape index (κ2) is 6.66. The van der Waals surface area contributed by atoms with Crippen molar-refractivity contribution in [2.75, 3.05) is 0 Å². The molecule has 0 aliphatic carbocycles. The van der Waals surface area contributed by atoms with Crippen LogP contribution in [0.5, 0.6) is 0 Å². The van der Waals surface area contributed by atoms with E-state index in [0.717, 1.165) is 12.0 Å². The van der Waals surface area contributed by atoms with Gasteiger partial charge in [0.2, 0.25) is 5.91 Å². The van der Waals surface area contributed by atoms with E-state index < -0.39 is 0 Å². The molecule has 1 amide bonds. The van der Waals surface area contributed by atoms with Crippen LogP contribution < -0.4 is 11.1 Å². The highest BCUT2D eigenvalue weighted by Gasteiger charge is 2.19. The average Bonchev–Trinajstić information content (AvgIpc) is 2.27. The Morgan fingerprint density at radius 3 is 2.68 bits per heavy atom. The molecule has 1 aromatic heterocycles. The van der Waals surface area contributed by atoms with Crippen molar-refractivity contribution < 1.29 is 4.79 Å². The standard InChI is InChI=1S/C15H25N3O/c1-11(12-6-5-7-17-10-12)18-14(19)8-13(16)9-15(2,3)4/h5-7,10-11,13H,8-9,16H2,1-4H3,(H,18,19)/t11-,13?/m1/s1. The van der Waals surface area contributed by atoms with Gasteiger partial charge in [-0.05, 0) is 30.4 Å². The van der Waals surface area contributed by atoms with Crippen molar-refractivity contribution in [3.05, 3.63) is 30.1 Å². The summed E-state index contributed by atoms with van der Waals surface area (Å²) in [7, 11) is 0. The lowest BCUT2D eigenvalue weighted by Crippen LogP contribution is -2.35. The van der Waals surface area contributed by atoms with E-state index in [2.05, 4.69) is 31.1 Å². The summed E-state index contributed by atoms with van der Waals surface area (Å²) in [6.45, 7) is 8.33. The van der Waals surface area contributed by atoms with Gasteiger partial charge in [-0.25, -0.2) is 0 Å². The highest BCUT2D eigenvalue weighted by atomic mass is 16.1. The van der Waals surface area contributed by atoms with Gasteiger partial charge in [0, 0.05) is 24.9 Å². The molecule has 0 aliphatic heterocycles. The number of nitrogens with zero attached hydrogens (tertiary/aromatic N) is 1. The molecule has 4 heteroatoms. The van der Waals surface area contributed by atoms with E-state index in [0.29, 0.717) is 6.42 Å². The molecule has 0 radical (unpaired) electrons. The van der Waals surface area contributed by atoms with E-state index in [4.69, 9.17) is 5.73 Å². The monoisotopic (exact) mass is 263 g/mol. The summed E-state index contributed by atoms with van der Waals surface area (Å²) in [6, 6.07) is 3.68. The van der Waals surface area contributed by atoms with Crippen LogP contribution in [0.2, 0.25) is 0 Å². The lowest BCUT2D eigenvalue weighted by Gasteiger charge is -2.23. The minimum absolute atomic E-state index is 0.00639. The van der Waals surface area contributed by atoms with Gasteiger partial charge in [0.1, 0.15) is 0 Å². The van der Waals surface area contributed by atoms with Crippen LogP contribution in [0.3, 0.4) is 0 Å². The molecule has 1 aromatic rings. The first-order valence-electron chi connectivity index (χ1n) is 6.73. The number of amides is 1. The normalized spacial score (nSPS) is 14.8. The molecule has 0 saturated carbocycles. The molecule has 2 atom stereocenters. The second-order valence-electron chi connectivity index (χ2n) is 6.30. The molecule has 0 aromatic carbocycles. The zero-order chi connectivity index (χ0) is 14.5. The van der Waals surface area contributed by atoms with Gasteiger partial charge < -0.3 is 11.1 Å². The lowest BCUT2D eigenvalue weighted by atomic mass is 9.87. The minimum atomic E-state index is -0.0962. The molecule has 4 nitrogen and oxygen atoms in total. The highest BCUT2D eigenvalue weighted by Crippen LogP contribution is 2.21. The number of rotatable bonds is 5. The Bertz CT molecular complexity index is 398. The van der Waals surface area contributed by atoms with E-state index >= 15 is 0 Å². The minimum Gasteiger partial charge on any atom is -0.349 e. The Morgan fingerprint density at radius 1 is 1.47 bits per heavy atom. The van der Waals surface area contributed by atoms with Gasteiger partial charge >= 0.3 is 0 Å². The number of carbonyl (C=O) groups is 1. The molecule has 1 rings (SSSR count). The summed E-state index contributed by atoms with van der Waals surface area (Å²) in [4.78, 5) is 16.0. The Balaban J connectivity index is 2.43. The van der Waals surface area contributed by atoms with Crippen molar-refractivity contribution in [1.82, 2.24) is 10.3 Å². The number of hydrogen-bond donors (Lipinski definition) is 2. The van der Waals surface area contributed by atoms with Crippen molar-refractivity contribution in [3.8, 4) is 0 Å². The Kier molecular flexibility index (Phi) is 5.48. The zero-order valence-corrected chi connectivity index (χ0v) is 12.3. The van der Waals surface area contributed by atoms with Crippen LogP contribution in [0, 0.1) is 5.41 Å². The maximum absolute atomic E-state index is 11.9. The lowest BCUT2D eigenvalue weighted by molar-refractivity contribution is -0.122. The second-order valence-corrected chi connectivity index (χ2v) is 6.30. The fourth-order valence-corrected chi connectivity index (χ4v) is 2.11. The van der Waals surface area contributed by atoms with Gasteiger partial charge in [0.15, 0.2) is 0 Å². The average molecular weight is 263 g/mol. The predicted octanol–water partition coefficient (Wildman–Crippen LogP) is 2.41. The zero-order valence-electron chi connectivity index (χ0n) is 12.3. The topological polar surface area (TPSA) is 68.0 Å². The number of nitrogens with one attached hydrogen (secondary N) is 1. The van der Waals surface area contributed by atoms with Crippen molar-refractivity contribution >= 4 is 5.91 Å². The first-order chi connectivity index (χ1) is 8.78. The number of carbonyl (C=O) groups excluding carboxylic acids is 1. The summed E-state index contributed by atoms with van der Waals surface area (Å²) in [5.41, 5.74) is 7.15. The van der Waals surface area contributed by atoms with Crippen molar-refractivity contribution in [3.63, 3.8) is 0 Å². The molecule has 0 fully saturated rings. The van der Waals surface area contributed by atoms with E-state index in [1.54, 1.807) is 12.4 Å². The van der Waals surface area contributed by atoms with Crippen molar-refractivity contribution in [2.24, 2.45) is 11.1 Å². The number of hydrogen-bond acceptors (Lipinski definition) is 3. The van der Waals surface area contributed by atoms with Gasteiger partial charge in [0.25, 0.3) is 0 Å². The van der Waals surface area contributed by atoms with Crippen LogP contribution in [-0.4, -0.2) is 16.9 Å². The summed E-state index contributed by atoms with van der Waals surface area (Å²) >= 11 is 0. The largest absolute Gasteiger partial charge is 0.349 e. The van der Waals surface area contributed by atoms with E-state index in [1.165, 1.54) is 0 Å². The van der Waals surface area contributed by atoms with Crippen LogP contribution in [0.15, 0.2) is 24.5 Å². The molecule has 0 saturated heterocycles. The maximum atomic E-state index is 11.9. The highest BCUT2D eigenvalue weighted by molar-refractivity contribution is 5.77. The van der Waals surface area contributed by atoms with Crippen LogP contribution in [0.4, 0.5) is 0 Å². The van der Waals surface area contributed by atoms with Crippen molar-refractivity contribution in [2.45, 2.75) is 52.6 Å². The molecular formula is C15H25N3O. The molecule has 3 N–H and O–H groups in total. The number of pyridine rings is 1. The third-order valence-electron chi connectivity index (χ3n) is 2.88. The van der Waals surface area contributed by atoms with Gasteiger partial charge in [-0.3, -0.25) is 9.78 Å². The summed E-state index contributed by atoms with van der Waals surface area (Å²) in [5, 5.41) is 2.95. The first kappa shape index (κ1) is 15.6. The fourth-order valence-electron chi connectivity index (χ4n) is 2.11. The SMILES string of the molecule is C[C@@H](NC(=O)CC(N)CC(C)(C)C)c1cccnc1. The Labute approximate surface area is 115 Å². The first-order valence-corrected chi connectivity index (χ1v) is 6.73. The van der Waals surface area contributed by atoms with Gasteiger partial charge in [-0.15, -0.1) is 0 Å². The summed E-state index contributed by atoms with van der Waals surface area (Å²) < 4.78 is 0. The molecule has 0 spiro atoms. The Morgan fingerprint density at radius 2 is 2.16 bits per heavy atom. The molecule has 0 aliphatic rings.